The first-order chi connectivity index (χ1) is 4.92. The number of fused-ring (bicyclic) bond motifs is 1. The van der Waals surface area contributed by atoms with Crippen LogP contribution in [0.3, 0.4) is 0 Å². The van der Waals surface area contributed by atoms with Crippen molar-refractivity contribution < 1.29 is 0 Å². The minimum atomic E-state index is 0.664. The van der Waals surface area contributed by atoms with Crippen molar-refractivity contribution in [1.29, 1.82) is 5.41 Å². The van der Waals surface area contributed by atoms with Gasteiger partial charge >= 0.3 is 0 Å². The SMILES string of the molecule is N=CC1=NC[C@@H]2CCC[C@H]12. The predicted octanol–water partition coefficient (Wildman–Crippen LogP) is 1.51. The van der Waals surface area contributed by atoms with Crippen LogP contribution < -0.4 is 0 Å². The molecule has 1 N–H and O–H groups in total. The van der Waals surface area contributed by atoms with Gasteiger partial charge in [0, 0.05) is 18.7 Å². The van der Waals surface area contributed by atoms with Crippen LogP contribution in [0.4, 0.5) is 0 Å². The fraction of sp³-hybridized carbons (Fsp3) is 0.750. The average Bonchev–Trinajstić information content (AvgIpc) is 2.44. The minimum Gasteiger partial charge on any atom is -0.307 e. The highest BCUT2D eigenvalue weighted by Crippen LogP contribution is 2.36. The molecule has 0 unspecified atom stereocenters. The lowest BCUT2D eigenvalue weighted by molar-refractivity contribution is 0.532. The highest BCUT2D eigenvalue weighted by molar-refractivity contribution is 6.31. The van der Waals surface area contributed by atoms with Crippen molar-refractivity contribution >= 4 is 11.9 Å². The Bertz CT molecular complexity index is 184. The maximum absolute atomic E-state index is 7.10. The summed E-state index contributed by atoms with van der Waals surface area (Å²) in [6.07, 6.45) is 5.41. The Hall–Kier alpha value is -0.660. The summed E-state index contributed by atoms with van der Waals surface area (Å²) in [5.74, 6) is 1.47. The van der Waals surface area contributed by atoms with Crippen LogP contribution in [0, 0.1) is 17.2 Å². The molecule has 2 heteroatoms. The minimum absolute atomic E-state index is 0.664. The van der Waals surface area contributed by atoms with E-state index in [-0.39, 0.29) is 0 Å². The molecule has 1 heterocycles. The van der Waals surface area contributed by atoms with Gasteiger partial charge in [0.1, 0.15) is 0 Å². The summed E-state index contributed by atoms with van der Waals surface area (Å²) in [6, 6.07) is 0. The molecule has 1 aliphatic carbocycles. The molecular formula is C8H12N2. The largest absolute Gasteiger partial charge is 0.307 e. The van der Waals surface area contributed by atoms with Gasteiger partial charge in [-0.3, -0.25) is 4.99 Å². The van der Waals surface area contributed by atoms with Crippen molar-refractivity contribution in [3.63, 3.8) is 0 Å². The second-order valence-electron chi connectivity index (χ2n) is 3.21. The highest BCUT2D eigenvalue weighted by Gasteiger charge is 2.33. The smallest absolute Gasteiger partial charge is 0.0558 e. The molecule has 1 fully saturated rings. The van der Waals surface area contributed by atoms with E-state index < -0.39 is 0 Å². The van der Waals surface area contributed by atoms with E-state index in [9.17, 15) is 0 Å². The lowest BCUT2D eigenvalue weighted by Crippen LogP contribution is -2.13. The van der Waals surface area contributed by atoms with E-state index in [0.717, 1.165) is 18.2 Å². The third-order valence-electron chi connectivity index (χ3n) is 2.70. The van der Waals surface area contributed by atoms with Gasteiger partial charge in [-0.1, -0.05) is 6.42 Å². The predicted molar refractivity (Wildman–Crippen MR) is 41.9 cm³/mol. The molecule has 0 aromatic heterocycles. The van der Waals surface area contributed by atoms with Crippen LogP contribution in [0.5, 0.6) is 0 Å². The Morgan fingerprint density at radius 1 is 1.50 bits per heavy atom. The topological polar surface area (TPSA) is 36.2 Å². The second kappa shape index (κ2) is 2.19. The molecular weight excluding hydrogens is 124 g/mol. The molecule has 0 aromatic rings. The number of nitrogens with zero attached hydrogens (tertiary/aromatic N) is 1. The fourth-order valence-corrected chi connectivity index (χ4v) is 2.14. The molecule has 0 aromatic carbocycles. The molecule has 0 saturated heterocycles. The second-order valence-corrected chi connectivity index (χ2v) is 3.21. The van der Waals surface area contributed by atoms with Crippen molar-refractivity contribution in [2.24, 2.45) is 16.8 Å². The molecule has 10 heavy (non-hydrogen) atoms. The molecule has 1 saturated carbocycles. The quantitative estimate of drug-likeness (QED) is 0.530. The van der Waals surface area contributed by atoms with Crippen molar-refractivity contribution in [1.82, 2.24) is 0 Å². The standard InChI is InChI=1S/C8H12N2/c9-4-8-7-3-1-2-6(7)5-10-8/h4,6-7,9H,1-3,5H2/t6-,7-/m0/s1. The van der Waals surface area contributed by atoms with Crippen molar-refractivity contribution in [2.45, 2.75) is 19.3 Å². The van der Waals surface area contributed by atoms with Crippen molar-refractivity contribution in [2.75, 3.05) is 6.54 Å². The molecule has 0 radical (unpaired) electrons. The van der Waals surface area contributed by atoms with Gasteiger partial charge in [0.05, 0.1) is 5.71 Å². The maximum atomic E-state index is 7.10. The van der Waals surface area contributed by atoms with E-state index in [2.05, 4.69) is 4.99 Å². The lowest BCUT2D eigenvalue weighted by Gasteiger charge is -2.06. The van der Waals surface area contributed by atoms with Crippen molar-refractivity contribution in [3.05, 3.63) is 0 Å². The zero-order valence-corrected chi connectivity index (χ0v) is 6.01. The van der Waals surface area contributed by atoms with Gasteiger partial charge in [-0.15, -0.1) is 0 Å². The monoisotopic (exact) mass is 136 g/mol. The van der Waals surface area contributed by atoms with Gasteiger partial charge in [-0.2, -0.15) is 0 Å². The van der Waals surface area contributed by atoms with E-state index in [1.165, 1.54) is 25.5 Å². The van der Waals surface area contributed by atoms with Gasteiger partial charge in [0.15, 0.2) is 0 Å². The number of aliphatic imine (C=N–C) groups is 1. The van der Waals surface area contributed by atoms with Gasteiger partial charge in [0.2, 0.25) is 0 Å². The highest BCUT2D eigenvalue weighted by atomic mass is 14.8. The van der Waals surface area contributed by atoms with Gasteiger partial charge in [0.25, 0.3) is 0 Å². The first kappa shape index (κ1) is 6.08. The number of nitrogens with one attached hydrogen (secondary N) is 1. The van der Waals surface area contributed by atoms with Gasteiger partial charge in [-0.25, -0.2) is 0 Å². The van der Waals surface area contributed by atoms with Crippen LogP contribution in [0.2, 0.25) is 0 Å². The van der Waals surface area contributed by atoms with Crippen LogP contribution in [0.15, 0.2) is 4.99 Å². The van der Waals surface area contributed by atoms with E-state index in [4.69, 9.17) is 5.41 Å². The number of hydrogen-bond acceptors (Lipinski definition) is 2. The molecule has 54 valence electrons. The molecule has 1 aliphatic heterocycles. The summed E-state index contributed by atoms with van der Waals surface area (Å²) in [4.78, 5) is 4.31. The molecule has 0 bridgehead atoms. The van der Waals surface area contributed by atoms with Crippen LogP contribution in [0.1, 0.15) is 19.3 Å². The number of hydrogen-bond donors (Lipinski definition) is 1. The summed E-state index contributed by atoms with van der Waals surface area (Å²) in [5, 5.41) is 7.10. The Morgan fingerprint density at radius 2 is 2.40 bits per heavy atom. The van der Waals surface area contributed by atoms with Crippen LogP contribution in [0.25, 0.3) is 0 Å². The third kappa shape index (κ3) is 0.713. The molecule has 2 rings (SSSR count). The summed E-state index contributed by atoms with van der Waals surface area (Å²) >= 11 is 0. The van der Waals surface area contributed by atoms with Crippen LogP contribution in [-0.4, -0.2) is 18.5 Å². The maximum Gasteiger partial charge on any atom is 0.0558 e. The van der Waals surface area contributed by atoms with E-state index in [1.54, 1.807) is 0 Å². The molecule has 2 nitrogen and oxygen atoms in total. The fourth-order valence-electron chi connectivity index (χ4n) is 2.14. The zero-order valence-electron chi connectivity index (χ0n) is 6.01. The van der Waals surface area contributed by atoms with Crippen LogP contribution >= 0.6 is 0 Å². The Kier molecular flexibility index (Phi) is 1.33. The van der Waals surface area contributed by atoms with E-state index >= 15 is 0 Å². The summed E-state index contributed by atoms with van der Waals surface area (Å²) in [5.41, 5.74) is 1.06. The van der Waals surface area contributed by atoms with Crippen LogP contribution in [-0.2, 0) is 0 Å². The Labute approximate surface area is 60.9 Å². The summed E-state index contributed by atoms with van der Waals surface area (Å²) in [6.45, 7) is 0.995. The summed E-state index contributed by atoms with van der Waals surface area (Å²) < 4.78 is 0. The Morgan fingerprint density at radius 3 is 3.20 bits per heavy atom. The first-order valence-corrected chi connectivity index (χ1v) is 3.96. The molecule has 2 aliphatic rings. The molecule has 2 atom stereocenters. The lowest BCUT2D eigenvalue weighted by atomic mass is 9.95. The molecule has 0 amide bonds. The summed E-state index contributed by atoms with van der Waals surface area (Å²) in [7, 11) is 0. The van der Waals surface area contributed by atoms with E-state index in [0.29, 0.717) is 5.92 Å². The normalized spacial score (nSPS) is 37.4. The average molecular weight is 136 g/mol. The third-order valence-corrected chi connectivity index (χ3v) is 2.70. The van der Waals surface area contributed by atoms with E-state index in [1.807, 2.05) is 0 Å². The van der Waals surface area contributed by atoms with Gasteiger partial charge in [-0.05, 0) is 18.8 Å². The van der Waals surface area contributed by atoms with Crippen molar-refractivity contribution in [3.8, 4) is 0 Å². The first-order valence-electron chi connectivity index (χ1n) is 3.96. The van der Waals surface area contributed by atoms with Gasteiger partial charge < -0.3 is 5.41 Å². The number of rotatable bonds is 1. The zero-order chi connectivity index (χ0) is 6.97. The molecule has 0 spiro atoms. The Balaban J connectivity index is 2.17.